The number of nitrogens with one attached hydrogen (secondary N) is 1. The van der Waals surface area contributed by atoms with E-state index in [0.717, 1.165) is 11.3 Å². The summed E-state index contributed by atoms with van der Waals surface area (Å²) in [5.41, 5.74) is 8.81. The van der Waals surface area contributed by atoms with Gasteiger partial charge >= 0.3 is 0 Å². The van der Waals surface area contributed by atoms with Crippen LogP contribution in [-0.4, -0.2) is 21.1 Å². The molecule has 0 unspecified atom stereocenters. The number of benzene rings is 3. The second kappa shape index (κ2) is 7.10. The molecule has 8 nitrogen and oxygen atoms in total. The van der Waals surface area contributed by atoms with Crippen molar-refractivity contribution >= 4 is 43.9 Å². The van der Waals surface area contributed by atoms with Crippen LogP contribution >= 0.6 is 11.3 Å². The number of nitriles is 1. The highest BCUT2D eigenvalue weighted by Crippen LogP contribution is 2.39. The highest BCUT2D eigenvalue weighted by atomic mass is 32.1. The Morgan fingerprint density at radius 1 is 1.14 bits per heavy atom. The molecule has 0 fully saturated rings. The number of aromatic nitrogens is 1. The number of phenols is 2. The third-order valence-corrected chi connectivity index (χ3v) is 5.29. The van der Waals surface area contributed by atoms with Gasteiger partial charge in [0.25, 0.3) is 5.91 Å². The van der Waals surface area contributed by atoms with Gasteiger partial charge in [-0.05, 0) is 24.3 Å². The van der Waals surface area contributed by atoms with E-state index < -0.39 is 5.91 Å². The van der Waals surface area contributed by atoms with E-state index in [4.69, 9.17) is 5.73 Å². The standard InChI is InChI=1S/C20H13N5O3S/c21-9-14-15-17(13-4-2-1-3-12(13)16(14)27)29-20(23-18(15)22)25-24-19(28)10-5-7-11(26)8-6-10/h1-8,26-27H,(H,24,28)(H2,22,23,25). The van der Waals surface area contributed by atoms with Crippen LogP contribution in [0, 0.1) is 11.3 Å². The summed E-state index contributed by atoms with van der Waals surface area (Å²) >= 11 is 1.13. The molecule has 0 aliphatic rings. The van der Waals surface area contributed by atoms with Gasteiger partial charge in [0.1, 0.15) is 28.9 Å². The Labute approximate surface area is 167 Å². The Balaban J connectivity index is 1.87. The zero-order chi connectivity index (χ0) is 20.5. The summed E-state index contributed by atoms with van der Waals surface area (Å²) in [4.78, 5) is 16.6. The Hall–Kier alpha value is -4.16. The largest absolute Gasteiger partial charge is 0.508 e. The topological polar surface area (TPSA) is 145 Å². The van der Waals surface area contributed by atoms with Gasteiger partial charge < -0.3 is 15.9 Å². The molecule has 142 valence electrons. The van der Waals surface area contributed by atoms with Gasteiger partial charge in [-0.3, -0.25) is 4.79 Å². The van der Waals surface area contributed by atoms with Crippen LogP contribution in [0.1, 0.15) is 15.9 Å². The lowest BCUT2D eigenvalue weighted by atomic mass is 10.0. The summed E-state index contributed by atoms with van der Waals surface area (Å²) in [6.45, 7) is 0. The van der Waals surface area contributed by atoms with E-state index in [1.807, 2.05) is 6.07 Å². The fourth-order valence-corrected chi connectivity index (χ4v) is 3.96. The van der Waals surface area contributed by atoms with Crippen molar-refractivity contribution < 1.29 is 15.0 Å². The number of hydrogen-bond acceptors (Lipinski definition) is 8. The number of nitrogens with two attached hydrogens (primary N) is 1. The van der Waals surface area contributed by atoms with Crippen LogP contribution in [0.25, 0.3) is 20.9 Å². The second-order valence-electron chi connectivity index (χ2n) is 6.07. The van der Waals surface area contributed by atoms with Gasteiger partial charge in [-0.15, -0.1) is 5.10 Å². The van der Waals surface area contributed by atoms with Gasteiger partial charge in [-0.25, -0.2) is 10.4 Å². The lowest BCUT2D eigenvalue weighted by molar-refractivity contribution is 0.0953. The number of anilines is 1. The number of carbonyl (C=O) groups excluding carboxylic acids is 1. The monoisotopic (exact) mass is 403 g/mol. The molecule has 0 aliphatic heterocycles. The summed E-state index contributed by atoms with van der Waals surface area (Å²) in [6.07, 6.45) is 0. The highest BCUT2D eigenvalue weighted by molar-refractivity contribution is 7.17. The summed E-state index contributed by atoms with van der Waals surface area (Å²) < 4.78 is 0.625. The molecule has 1 aromatic heterocycles. The molecule has 4 rings (SSSR count). The lowest BCUT2D eigenvalue weighted by Gasteiger charge is -2.09. The maximum Gasteiger partial charge on any atom is 0.271 e. The predicted octanol–water partition coefficient (Wildman–Crippen LogP) is 2.56. The molecule has 0 bridgehead atoms. The quantitative estimate of drug-likeness (QED) is 0.299. The van der Waals surface area contributed by atoms with Crippen molar-refractivity contribution in [3.05, 3.63) is 64.5 Å². The fraction of sp³-hybridized carbons (Fsp3) is 0. The molecule has 1 amide bonds. The van der Waals surface area contributed by atoms with Crippen molar-refractivity contribution in [2.45, 2.75) is 0 Å². The first-order valence-corrected chi connectivity index (χ1v) is 9.18. The number of rotatable bonds is 2. The molecule has 0 atom stereocenters. The van der Waals surface area contributed by atoms with Gasteiger partial charge in [0.05, 0.1) is 10.1 Å². The van der Waals surface area contributed by atoms with Crippen LogP contribution in [0.4, 0.5) is 5.82 Å². The van der Waals surface area contributed by atoms with E-state index in [-0.39, 0.29) is 27.7 Å². The van der Waals surface area contributed by atoms with Crippen molar-refractivity contribution in [1.29, 1.82) is 5.26 Å². The van der Waals surface area contributed by atoms with Gasteiger partial charge in [-0.1, -0.05) is 35.6 Å². The Kier molecular flexibility index (Phi) is 4.46. The van der Waals surface area contributed by atoms with Gasteiger partial charge in [0.15, 0.2) is 0 Å². The first-order chi connectivity index (χ1) is 14.0. The highest BCUT2D eigenvalue weighted by Gasteiger charge is 2.17. The number of carbonyl (C=O) groups is 1. The van der Waals surface area contributed by atoms with Crippen molar-refractivity contribution in [3.8, 4) is 17.6 Å². The predicted molar refractivity (Wildman–Crippen MR) is 109 cm³/mol. The number of fused-ring (bicyclic) bond motifs is 3. The zero-order valence-corrected chi connectivity index (χ0v) is 15.6. The van der Waals surface area contributed by atoms with Crippen LogP contribution in [0.3, 0.4) is 0 Å². The summed E-state index contributed by atoms with van der Waals surface area (Å²) in [7, 11) is 0. The number of nitrogen functional groups attached to an aromatic ring is 1. The first-order valence-electron chi connectivity index (χ1n) is 8.37. The molecule has 1 heterocycles. The third kappa shape index (κ3) is 3.18. The second-order valence-corrected chi connectivity index (χ2v) is 7.04. The number of nitrogens with zero attached hydrogens (tertiary/aromatic N) is 3. The fourth-order valence-electron chi connectivity index (χ4n) is 2.94. The van der Waals surface area contributed by atoms with Gasteiger partial charge in [-0.2, -0.15) is 5.26 Å². The molecule has 0 spiro atoms. The number of hydrogen-bond donors (Lipinski definition) is 4. The summed E-state index contributed by atoms with van der Waals surface area (Å²) in [6, 6.07) is 14.8. The number of amides is 1. The minimum absolute atomic E-state index is 0.0222. The molecule has 0 aliphatic carbocycles. The molecule has 0 saturated heterocycles. The lowest BCUT2D eigenvalue weighted by Crippen LogP contribution is -2.22. The molecule has 5 N–H and O–H groups in total. The average Bonchev–Trinajstić information content (AvgIpc) is 2.73. The first kappa shape index (κ1) is 18.2. The molecule has 9 heteroatoms. The molecule has 4 aromatic rings. The Bertz CT molecular complexity index is 1390. The van der Waals surface area contributed by atoms with Crippen molar-refractivity contribution in [2.24, 2.45) is 5.10 Å². The van der Waals surface area contributed by atoms with Crippen LogP contribution in [0.15, 0.2) is 53.6 Å². The third-order valence-electron chi connectivity index (χ3n) is 4.30. The van der Waals surface area contributed by atoms with Gasteiger partial charge in [0.2, 0.25) is 4.80 Å². The zero-order valence-electron chi connectivity index (χ0n) is 14.7. The molecular weight excluding hydrogens is 390 g/mol. The SMILES string of the molecule is N#Cc1c(O)c2ccccc2c2s/c(=N/NC(=O)c3ccc(O)cc3)nc(N)c12. The van der Waals surface area contributed by atoms with Gasteiger partial charge in [0, 0.05) is 16.3 Å². The molecule has 29 heavy (non-hydrogen) atoms. The number of phenolic OH excluding ortho intramolecular Hbond substituents is 2. The smallest absolute Gasteiger partial charge is 0.271 e. The molecule has 0 radical (unpaired) electrons. The number of aromatic hydroxyl groups is 2. The summed E-state index contributed by atoms with van der Waals surface area (Å²) in [5.74, 6) is -0.560. The van der Waals surface area contributed by atoms with E-state index >= 15 is 0 Å². The van der Waals surface area contributed by atoms with E-state index in [9.17, 15) is 20.3 Å². The van der Waals surface area contributed by atoms with Crippen LogP contribution in [0.5, 0.6) is 11.5 Å². The normalized spacial score (nSPS) is 11.5. The van der Waals surface area contributed by atoms with E-state index in [1.165, 1.54) is 24.3 Å². The van der Waals surface area contributed by atoms with E-state index in [0.29, 0.717) is 26.4 Å². The Morgan fingerprint density at radius 2 is 1.83 bits per heavy atom. The maximum atomic E-state index is 12.2. The van der Waals surface area contributed by atoms with Crippen LogP contribution in [0.2, 0.25) is 0 Å². The van der Waals surface area contributed by atoms with Crippen molar-refractivity contribution in [3.63, 3.8) is 0 Å². The molecule has 3 aromatic carbocycles. The minimum Gasteiger partial charge on any atom is -0.508 e. The Morgan fingerprint density at radius 3 is 2.52 bits per heavy atom. The van der Waals surface area contributed by atoms with E-state index in [1.54, 1.807) is 24.3 Å². The van der Waals surface area contributed by atoms with Crippen LogP contribution < -0.4 is 16.0 Å². The van der Waals surface area contributed by atoms with Crippen molar-refractivity contribution in [1.82, 2.24) is 10.4 Å². The average molecular weight is 403 g/mol. The maximum absolute atomic E-state index is 12.2. The van der Waals surface area contributed by atoms with Crippen molar-refractivity contribution in [2.75, 3.05) is 5.73 Å². The van der Waals surface area contributed by atoms with E-state index in [2.05, 4.69) is 15.5 Å². The summed E-state index contributed by atoms with van der Waals surface area (Å²) in [5, 5.41) is 34.8. The van der Waals surface area contributed by atoms with Crippen LogP contribution in [-0.2, 0) is 0 Å². The molecular formula is C20H13N5O3S. The molecule has 0 saturated carbocycles. The minimum atomic E-state index is -0.481.